The topological polar surface area (TPSA) is 15.3 Å². The molecule has 2 aliphatic rings. The van der Waals surface area contributed by atoms with Crippen molar-refractivity contribution < 1.29 is 0 Å². The molecule has 1 heterocycles. The summed E-state index contributed by atoms with van der Waals surface area (Å²) in [4.78, 5) is 2.27. The summed E-state index contributed by atoms with van der Waals surface area (Å²) in [7, 11) is 4.30. The number of allylic oxidation sites excluding steroid dienone is 5. The average Bonchev–Trinajstić information content (AvgIpc) is 2.65. The van der Waals surface area contributed by atoms with Gasteiger partial charge in [0.2, 0.25) is 0 Å². The van der Waals surface area contributed by atoms with Gasteiger partial charge in [0.1, 0.15) is 0 Å². The summed E-state index contributed by atoms with van der Waals surface area (Å²) in [6, 6.07) is 8.85. The quantitative estimate of drug-likeness (QED) is 0.904. The van der Waals surface area contributed by atoms with E-state index < -0.39 is 0 Å². The lowest BCUT2D eigenvalue weighted by Crippen LogP contribution is -2.14. The van der Waals surface area contributed by atoms with E-state index in [1.54, 1.807) is 0 Å². The van der Waals surface area contributed by atoms with Crippen LogP contribution in [0.5, 0.6) is 0 Å². The zero-order valence-electron chi connectivity index (χ0n) is 13.0. The Morgan fingerprint density at radius 2 is 2.05 bits per heavy atom. The molecule has 2 heteroatoms. The van der Waals surface area contributed by atoms with Crippen LogP contribution >= 0.6 is 0 Å². The van der Waals surface area contributed by atoms with Crippen molar-refractivity contribution in [2.24, 2.45) is 0 Å². The molecule has 0 fully saturated rings. The van der Waals surface area contributed by atoms with E-state index in [-0.39, 0.29) is 0 Å². The first kappa shape index (κ1) is 14.2. The molecule has 0 saturated carbocycles. The number of benzene rings is 1. The van der Waals surface area contributed by atoms with Crippen LogP contribution in [-0.4, -0.2) is 25.5 Å². The highest BCUT2D eigenvalue weighted by Crippen LogP contribution is 2.35. The summed E-state index contributed by atoms with van der Waals surface area (Å²) in [6.45, 7) is 2.07. The molecule has 0 atom stereocenters. The molecule has 2 nitrogen and oxygen atoms in total. The van der Waals surface area contributed by atoms with E-state index in [1.807, 2.05) is 0 Å². The monoisotopic (exact) mass is 280 g/mol. The zero-order valence-corrected chi connectivity index (χ0v) is 13.0. The van der Waals surface area contributed by atoms with Gasteiger partial charge in [-0.1, -0.05) is 36.4 Å². The van der Waals surface area contributed by atoms with Crippen molar-refractivity contribution in [3.63, 3.8) is 0 Å². The van der Waals surface area contributed by atoms with E-state index in [4.69, 9.17) is 0 Å². The fraction of sp³-hybridized carbons (Fsp3) is 0.368. The van der Waals surface area contributed by atoms with Crippen LogP contribution in [0.25, 0.3) is 5.57 Å². The lowest BCUT2D eigenvalue weighted by Gasteiger charge is -2.18. The minimum Gasteiger partial charge on any atom is -0.381 e. The first-order valence-corrected chi connectivity index (χ1v) is 7.82. The molecule has 1 aromatic rings. The highest BCUT2D eigenvalue weighted by Gasteiger charge is 2.19. The average molecular weight is 280 g/mol. The molecule has 1 N–H and O–H groups in total. The predicted molar refractivity (Wildman–Crippen MR) is 89.8 cm³/mol. The molecule has 1 aliphatic carbocycles. The Morgan fingerprint density at radius 1 is 1.19 bits per heavy atom. The van der Waals surface area contributed by atoms with Crippen LogP contribution in [0, 0.1) is 0 Å². The molecule has 0 radical (unpaired) electrons. The standard InChI is InChI=1S/C19H24N2/c1-21(2)13-7-11-17-16-9-4-3-8-15(16)14-20-19-12-6-5-10-18(17)19/h3-6,8-9,12,20H,7,10-11,13-14H2,1-2H3. The van der Waals surface area contributed by atoms with E-state index in [9.17, 15) is 0 Å². The Balaban J connectivity index is 1.97. The molecular weight excluding hydrogens is 256 g/mol. The zero-order chi connectivity index (χ0) is 14.7. The van der Waals surface area contributed by atoms with Crippen LogP contribution in [0.4, 0.5) is 0 Å². The molecule has 110 valence electrons. The van der Waals surface area contributed by atoms with E-state index >= 15 is 0 Å². The number of hydrogen-bond acceptors (Lipinski definition) is 2. The van der Waals surface area contributed by atoms with Gasteiger partial charge in [-0.2, -0.15) is 0 Å². The van der Waals surface area contributed by atoms with Gasteiger partial charge < -0.3 is 10.2 Å². The summed E-state index contributed by atoms with van der Waals surface area (Å²) in [5, 5.41) is 3.61. The molecule has 1 aliphatic heterocycles. The van der Waals surface area contributed by atoms with E-state index in [0.717, 1.165) is 25.9 Å². The van der Waals surface area contributed by atoms with Crippen molar-refractivity contribution in [1.29, 1.82) is 0 Å². The molecule has 0 saturated heterocycles. The maximum Gasteiger partial charge on any atom is 0.0406 e. The fourth-order valence-electron chi connectivity index (χ4n) is 3.19. The lowest BCUT2D eigenvalue weighted by molar-refractivity contribution is 0.402. The third-order valence-corrected chi connectivity index (χ3v) is 4.25. The van der Waals surface area contributed by atoms with Gasteiger partial charge in [0.05, 0.1) is 0 Å². The van der Waals surface area contributed by atoms with Crippen LogP contribution in [0.2, 0.25) is 0 Å². The summed E-state index contributed by atoms with van der Waals surface area (Å²) >= 11 is 0. The van der Waals surface area contributed by atoms with Crippen LogP contribution < -0.4 is 5.32 Å². The van der Waals surface area contributed by atoms with Crippen LogP contribution in [0.3, 0.4) is 0 Å². The molecule has 21 heavy (non-hydrogen) atoms. The maximum absolute atomic E-state index is 3.61. The Labute approximate surface area is 127 Å². The number of rotatable bonds is 4. The van der Waals surface area contributed by atoms with Gasteiger partial charge in [0.25, 0.3) is 0 Å². The summed E-state index contributed by atoms with van der Waals surface area (Å²) in [6.07, 6.45) is 10.1. The van der Waals surface area contributed by atoms with Crippen molar-refractivity contribution in [3.8, 4) is 0 Å². The van der Waals surface area contributed by atoms with Crippen molar-refractivity contribution in [3.05, 3.63) is 64.9 Å². The fourth-order valence-corrected chi connectivity index (χ4v) is 3.19. The highest BCUT2D eigenvalue weighted by molar-refractivity contribution is 5.76. The lowest BCUT2D eigenvalue weighted by atomic mass is 9.89. The molecule has 3 rings (SSSR count). The van der Waals surface area contributed by atoms with Gasteiger partial charge in [0.15, 0.2) is 0 Å². The van der Waals surface area contributed by atoms with Crippen LogP contribution in [0.1, 0.15) is 30.4 Å². The summed E-state index contributed by atoms with van der Waals surface area (Å²) < 4.78 is 0. The number of nitrogens with zero attached hydrogens (tertiary/aromatic N) is 1. The maximum atomic E-state index is 3.61. The first-order chi connectivity index (χ1) is 10.3. The molecule has 0 aromatic heterocycles. The second kappa shape index (κ2) is 6.31. The molecule has 0 amide bonds. The van der Waals surface area contributed by atoms with E-state index in [0.29, 0.717) is 0 Å². The van der Waals surface area contributed by atoms with Crippen LogP contribution in [-0.2, 0) is 6.54 Å². The first-order valence-electron chi connectivity index (χ1n) is 7.82. The van der Waals surface area contributed by atoms with Gasteiger partial charge >= 0.3 is 0 Å². The Morgan fingerprint density at radius 3 is 2.90 bits per heavy atom. The third kappa shape index (κ3) is 3.11. The second-order valence-electron chi connectivity index (χ2n) is 6.09. The van der Waals surface area contributed by atoms with Crippen molar-refractivity contribution in [2.75, 3.05) is 20.6 Å². The predicted octanol–water partition coefficient (Wildman–Crippen LogP) is 3.73. The Kier molecular flexibility index (Phi) is 4.26. The van der Waals surface area contributed by atoms with Gasteiger partial charge in [0, 0.05) is 12.2 Å². The van der Waals surface area contributed by atoms with Gasteiger partial charge in [-0.15, -0.1) is 0 Å². The molecular formula is C19H24N2. The Hall–Kier alpha value is -1.80. The molecule has 1 aromatic carbocycles. The molecule has 0 spiro atoms. The third-order valence-electron chi connectivity index (χ3n) is 4.25. The molecule has 0 bridgehead atoms. The number of nitrogens with one attached hydrogen (secondary N) is 1. The van der Waals surface area contributed by atoms with Gasteiger partial charge in [-0.3, -0.25) is 0 Å². The van der Waals surface area contributed by atoms with Crippen molar-refractivity contribution in [1.82, 2.24) is 10.2 Å². The number of fused-ring (bicyclic) bond motifs is 2. The minimum atomic E-state index is 0.927. The largest absolute Gasteiger partial charge is 0.381 e. The second-order valence-corrected chi connectivity index (χ2v) is 6.09. The smallest absolute Gasteiger partial charge is 0.0406 e. The summed E-state index contributed by atoms with van der Waals surface area (Å²) in [5.74, 6) is 0. The highest BCUT2D eigenvalue weighted by atomic mass is 15.0. The van der Waals surface area contributed by atoms with E-state index in [2.05, 4.69) is 66.8 Å². The molecule has 0 unspecified atom stereocenters. The minimum absolute atomic E-state index is 0.927. The summed E-state index contributed by atoms with van der Waals surface area (Å²) in [5.41, 5.74) is 7.19. The van der Waals surface area contributed by atoms with E-state index in [1.165, 1.54) is 34.4 Å². The van der Waals surface area contributed by atoms with Gasteiger partial charge in [-0.25, -0.2) is 0 Å². The number of hydrogen-bond donors (Lipinski definition) is 1. The normalized spacial score (nSPS) is 17.0. The SMILES string of the molecule is CN(C)CCCC1=C2CC=CC=C2NCc2ccccc21. The van der Waals surface area contributed by atoms with Crippen molar-refractivity contribution >= 4 is 5.57 Å². The van der Waals surface area contributed by atoms with Crippen molar-refractivity contribution in [2.45, 2.75) is 25.8 Å². The van der Waals surface area contributed by atoms with Gasteiger partial charge in [-0.05, 0) is 68.3 Å². The van der Waals surface area contributed by atoms with Crippen LogP contribution in [0.15, 0.2) is 53.8 Å². The Bertz CT molecular complexity index is 606.